The lowest BCUT2D eigenvalue weighted by molar-refractivity contribution is -0.141. The van der Waals surface area contributed by atoms with Gasteiger partial charge < -0.3 is 10.5 Å². The maximum absolute atomic E-state index is 12.5. The monoisotopic (exact) mass is 261 g/mol. The van der Waals surface area contributed by atoms with Gasteiger partial charge in [0.05, 0.1) is 6.61 Å². The molecule has 0 bridgehead atoms. The topological polar surface area (TPSA) is 61.0 Å². The number of nitrogens with zero attached hydrogens (tertiary/aromatic N) is 2. The predicted molar refractivity (Wildman–Crippen MR) is 58.9 cm³/mol. The second-order valence-corrected chi connectivity index (χ2v) is 4.41. The van der Waals surface area contributed by atoms with E-state index in [1.807, 2.05) is 0 Å². The Morgan fingerprint density at radius 2 is 1.94 bits per heavy atom. The molecule has 1 aromatic rings. The van der Waals surface area contributed by atoms with E-state index >= 15 is 0 Å². The second-order valence-electron chi connectivity index (χ2n) is 4.41. The van der Waals surface area contributed by atoms with Crippen LogP contribution in [-0.2, 0) is 6.18 Å². The molecule has 2 N–H and O–H groups in total. The van der Waals surface area contributed by atoms with Crippen LogP contribution < -0.4 is 10.5 Å². The molecule has 1 aromatic heterocycles. The average Bonchev–Trinajstić information content (AvgIpc) is 2.77. The first-order chi connectivity index (χ1) is 8.45. The van der Waals surface area contributed by atoms with Crippen LogP contribution in [0.25, 0.3) is 0 Å². The summed E-state index contributed by atoms with van der Waals surface area (Å²) in [6, 6.07) is 0.783. The van der Waals surface area contributed by atoms with Gasteiger partial charge in [-0.1, -0.05) is 12.8 Å². The maximum Gasteiger partial charge on any atom is 0.433 e. The zero-order valence-electron chi connectivity index (χ0n) is 9.70. The summed E-state index contributed by atoms with van der Waals surface area (Å²) < 4.78 is 42.7. The van der Waals surface area contributed by atoms with Crippen LogP contribution in [0.4, 0.5) is 19.1 Å². The van der Waals surface area contributed by atoms with E-state index in [4.69, 9.17) is 10.5 Å². The Balaban J connectivity index is 2.05. The highest BCUT2D eigenvalue weighted by atomic mass is 19.4. The molecule has 0 radical (unpaired) electrons. The van der Waals surface area contributed by atoms with Gasteiger partial charge in [0.1, 0.15) is 0 Å². The van der Waals surface area contributed by atoms with E-state index in [1.165, 1.54) is 0 Å². The Morgan fingerprint density at radius 1 is 1.28 bits per heavy atom. The number of ether oxygens (including phenoxy) is 1. The number of alkyl halides is 3. The fourth-order valence-corrected chi connectivity index (χ4v) is 2.04. The summed E-state index contributed by atoms with van der Waals surface area (Å²) >= 11 is 0. The quantitative estimate of drug-likeness (QED) is 0.908. The van der Waals surface area contributed by atoms with Gasteiger partial charge in [-0.25, -0.2) is 4.98 Å². The normalized spacial score (nSPS) is 17.1. The molecule has 1 saturated carbocycles. The van der Waals surface area contributed by atoms with Crippen molar-refractivity contribution >= 4 is 5.95 Å². The molecule has 0 atom stereocenters. The fraction of sp³-hybridized carbons (Fsp3) is 0.636. The van der Waals surface area contributed by atoms with Crippen LogP contribution >= 0.6 is 0 Å². The Labute approximate surface area is 102 Å². The highest BCUT2D eigenvalue weighted by Gasteiger charge is 2.33. The summed E-state index contributed by atoms with van der Waals surface area (Å²) in [5, 5.41) is 0. The van der Waals surface area contributed by atoms with Crippen LogP contribution in [0.15, 0.2) is 6.07 Å². The number of halogens is 3. The van der Waals surface area contributed by atoms with Gasteiger partial charge in [-0.15, -0.1) is 0 Å². The molecule has 4 nitrogen and oxygen atoms in total. The van der Waals surface area contributed by atoms with Crippen LogP contribution in [0, 0.1) is 5.92 Å². The Kier molecular flexibility index (Phi) is 3.58. The van der Waals surface area contributed by atoms with E-state index in [2.05, 4.69) is 9.97 Å². The van der Waals surface area contributed by atoms with Gasteiger partial charge in [-0.3, -0.25) is 0 Å². The second kappa shape index (κ2) is 4.99. The molecule has 2 rings (SSSR count). The molecular weight excluding hydrogens is 247 g/mol. The maximum atomic E-state index is 12.5. The minimum absolute atomic E-state index is 0.110. The van der Waals surface area contributed by atoms with Crippen LogP contribution in [-0.4, -0.2) is 16.6 Å². The number of nitrogens with two attached hydrogens (primary N) is 1. The molecule has 1 aliphatic carbocycles. The van der Waals surface area contributed by atoms with E-state index in [0.717, 1.165) is 31.7 Å². The Hall–Kier alpha value is -1.53. The number of aromatic nitrogens is 2. The molecule has 18 heavy (non-hydrogen) atoms. The van der Waals surface area contributed by atoms with Gasteiger partial charge in [0.2, 0.25) is 11.8 Å². The molecule has 0 spiro atoms. The molecule has 0 aromatic carbocycles. The third kappa shape index (κ3) is 3.24. The number of nitrogen functional groups attached to an aromatic ring is 1. The molecular formula is C11H14F3N3O. The lowest BCUT2D eigenvalue weighted by Crippen LogP contribution is -2.14. The summed E-state index contributed by atoms with van der Waals surface area (Å²) in [4.78, 5) is 6.80. The average molecular weight is 261 g/mol. The van der Waals surface area contributed by atoms with Crippen molar-refractivity contribution < 1.29 is 17.9 Å². The number of rotatable bonds is 3. The van der Waals surface area contributed by atoms with E-state index in [9.17, 15) is 13.2 Å². The van der Waals surface area contributed by atoms with Gasteiger partial charge in [0, 0.05) is 6.07 Å². The molecule has 0 amide bonds. The molecule has 7 heteroatoms. The highest BCUT2D eigenvalue weighted by Crippen LogP contribution is 2.30. The largest absolute Gasteiger partial charge is 0.477 e. The van der Waals surface area contributed by atoms with E-state index < -0.39 is 17.8 Å². The third-order valence-corrected chi connectivity index (χ3v) is 2.95. The molecule has 100 valence electrons. The Bertz CT molecular complexity index is 416. The Morgan fingerprint density at radius 3 is 2.56 bits per heavy atom. The first-order valence-electron chi connectivity index (χ1n) is 5.79. The first-order valence-corrected chi connectivity index (χ1v) is 5.79. The molecule has 0 unspecified atom stereocenters. The van der Waals surface area contributed by atoms with Crippen molar-refractivity contribution in [3.8, 4) is 5.88 Å². The molecule has 1 fully saturated rings. The van der Waals surface area contributed by atoms with Crippen LogP contribution in [0.5, 0.6) is 5.88 Å². The van der Waals surface area contributed by atoms with E-state index in [1.54, 1.807) is 0 Å². The van der Waals surface area contributed by atoms with Crippen LogP contribution in [0.2, 0.25) is 0 Å². The van der Waals surface area contributed by atoms with Gasteiger partial charge in [0.15, 0.2) is 5.69 Å². The van der Waals surface area contributed by atoms with Crippen molar-refractivity contribution in [2.45, 2.75) is 31.9 Å². The van der Waals surface area contributed by atoms with Crippen molar-refractivity contribution in [3.05, 3.63) is 11.8 Å². The summed E-state index contributed by atoms with van der Waals surface area (Å²) in [6.07, 6.45) is -0.149. The van der Waals surface area contributed by atoms with Gasteiger partial charge in [0.25, 0.3) is 0 Å². The zero-order chi connectivity index (χ0) is 13.2. The number of anilines is 1. The highest BCUT2D eigenvalue weighted by molar-refractivity contribution is 5.27. The van der Waals surface area contributed by atoms with E-state index in [-0.39, 0.29) is 5.88 Å². The van der Waals surface area contributed by atoms with Crippen LogP contribution in [0.3, 0.4) is 0 Å². The smallest absolute Gasteiger partial charge is 0.433 e. The van der Waals surface area contributed by atoms with Crippen molar-refractivity contribution in [3.63, 3.8) is 0 Å². The third-order valence-electron chi connectivity index (χ3n) is 2.95. The zero-order valence-corrected chi connectivity index (χ0v) is 9.70. The molecule has 0 aliphatic heterocycles. The van der Waals surface area contributed by atoms with Crippen molar-refractivity contribution in [2.75, 3.05) is 12.3 Å². The van der Waals surface area contributed by atoms with E-state index in [0.29, 0.717) is 12.5 Å². The van der Waals surface area contributed by atoms with Gasteiger partial charge in [-0.05, 0) is 18.8 Å². The molecule has 1 heterocycles. The summed E-state index contributed by atoms with van der Waals surface area (Å²) in [7, 11) is 0. The first kappa shape index (κ1) is 12.9. The lowest BCUT2D eigenvalue weighted by atomic mass is 10.1. The predicted octanol–water partition coefficient (Wildman–Crippen LogP) is 2.65. The number of hydrogen-bond acceptors (Lipinski definition) is 4. The fourth-order valence-electron chi connectivity index (χ4n) is 2.04. The molecule has 1 aliphatic rings. The summed E-state index contributed by atoms with van der Waals surface area (Å²) in [5.41, 5.74) is 4.16. The van der Waals surface area contributed by atoms with Gasteiger partial charge in [-0.2, -0.15) is 18.2 Å². The van der Waals surface area contributed by atoms with Gasteiger partial charge >= 0.3 is 6.18 Å². The van der Waals surface area contributed by atoms with Crippen molar-refractivity contribution in [1.29, 1.82) is 0 Å². The SMILES string of the molecule is Nc1nc(OCC2CCCC2)cc(C(F)(F)F)n1. The summed E-state index contributed by atoms with van der Waals surface area (Å²) in [6.45, 7) is 0.383. The minimum atomic E-state index is -4.54. The van der Waals surface area contributed by atoms with Crippen molar-refractivity contribution in [1.82, 2.24) is 9.97 Å². The summed E-state index contributed by atoms with van der Waals surface area (Å²) in [5.74, 6) is -0.136. The molecule has 0 saturated heterocycles. The van der Waals surface area contributed by atoms with Crippen molar-refractivity contribution in [2.24, 2.45) is 5.92 Å². The number of hydrogen-bond donors (Lipinski definition) is 1. The standard InChI is InChI=1S/C11H14F3N3O/c12-11(13,14)8-5-9(17-10(15)16-8)18-6-7-3-1-2-4-7/h5,7H,1-4,6H2,(H2,15,16,17). The lowest BCUT2D eigenvalue weighted by Gasteiger charge is -2.12. The van der Waals surface area contributed by atoms with Crippen LogP contribution in [0.1, 0.15) is 31.4 Å². The minimum Gasteiger partial charge on any atom is -0.477 e.